The molecular weight excluding hydrogens is 344 g/mol. The molecule has 0 aliphatic heterocycles. The average molecular weight is 377 g/mol. The number of hydrogen-bond acceptors (Lipinski definition) is 4. The first kappa shape index (κ1) is 20.9. The van der Waals surface area contributed by atoms with E-state index in [2.05, 4.69) is 20.9 Å². The number of aliphatic imine (C=N–C) groups is 1. The molecule has 7 heteroatoms. The Kier molecular flexibility index (Phi) is 8.23. The lowest BCUT2D eigenvalue weighted by molar-refractivity contribution is 0.146. The van der Waals surface area contributed by atoms with Gasteiger partial charge in [-0.05, 0) is 51.2 Å². The van der Waals surface area contributed by atoms with E-state index in [0.717, 1.165) is 24.2 Å². The molecule has 0 aromatic heterocycles. The Balaban J connectivity index is 1.75. The highest BCUT2D eigenvalue weighted by molar-refractivity contribution is 5.79. The summed E-state index contributed by atoms with van der Waals surface area (Å²) in [6, 6.07) is 8.02. The van der Waals surface area contributed by atoms with E-state index in [9.17, 15) is 4.79 Å². The third-order valence-electron chi connectivity index (χ3n) is 4.46. The van der Waals surface area contributed by atoms with Crippen LogP contribution < -0.4 is 20.7 Å². The molecule has 27 heavy (non-hydrogen) atoms. The number of rotatable bonds is 9. The number of hydrogen-bond donors (Lipinski definition) is 3. The van der Waals surface area contributed by atoms with E-state index >= 15 is 0 Å². The zero-order chi connectivity index (χ0) is 19.6. The average Bonchev–Trinajstić information content (AvgIpc) is 3.48. The summed E-state index contributed by atoms with van der Waals surface area (Å²) in [5, 5.41) is 9.49. The molecule has 1 aliphatic rings. The number of para-hydroxylation sites is 1. The molecule has 0 heterocycles. The van der Waals surface area contributed by atoms with Crippen molar-refractivity contribution in [3.05, 3.63) is 29.8 Å². The Morgan fingerprint density at radius 2 is 1.96 bits per heavy atom. The van der Waals surface area contributed by atoms with Gasteiger partial charge in [-0.3, -0.25) is 4.99 Å². The predicted molar refractivity (Wildman–Crippen MR) is 107 cm³/mol. The molecular formula is C20H32N4O3. The van der Waals surface area contributed by atoms with Crippen molar-refractivity contribution >= 4 is 12.1 Å². The summed E-state index contributed by atoms with van der Waals surface area (Å²) in [5.41, 5.74) is 1.11. The topological polar surface area (TPSA) is 84.0 Å². The van der Waals surface area contributed by atoms with Gasteiger partial charge in [0.25, 0.3) is 0 Å². The third-order valence-corrected chi connectivity index (χ3v) is 4.46. The molecule has 2 rings (SSSR count). The molecule has 1 amide bonds. The molecule has 0 spiro atoms. The Hall–Kier alpha value is -2.44. The van der Waals surface area contributed by atoms with Gasteiger partial charge in [-0.15, -0.1) is 0 Å². The van der Waals surface area contributed by atoms with Gasteiger partial charge in [0.15, 0.2) is 5.96 Å². The summed E-state index contributed by atoms with van der Waals surface area (Å²) >= 11 is 0. The van der Waals surface area contributed by atoms with Gasteiger partial charge < -0.3 is 25.4 Å². The van der Waals surface area contributed by atoms with Crippen LogP contribution in [0.5, 0.6) is 5.75 Å². The van der Waals surface area contributed by atoms with Crippen LogP contribution in [-0.4, -0.2) is 50.9 Å². The van der Waals surface area contributed by atoms with Crippen LogP contribution in [0.3, 0.4) is 0 Å². The minimum atomic E-state index is -0.362. The maximum absolute atomic E-state index is 11.7. The second kappa shape index (κ2) is 10.6. The molecule has 1 fully saturated rings. The highest BCUT2D eigenvalue weighted by atomic mass is 16.5. The van der Waals surface area contributed by atoms with Crippen molar-refractivity contribution in [2.45, 2.75) is 45.8 Å². The Morgan fingerprint density at radius 1 is 1.26 bits per heavy atom. The number of nitrogens with one attached hydrogen (secondary N) is 3. The number of benzene rings is 1. The molecule has 1 saturated carbocycles. The van der Waals surface area contributed by atoms with Crippen molar-refractivity contribution in [3.63, 3.8) is 0 Å². The van der Waals surface area contributed by atoms with E-state index in [-0.39, 0.29) is 18.2 Å². The molecule has 1 aromatic carbocycles. The number of guanidine groups is 1. The van der Waals surface area contributed by atoms with E-state index in [0.29, 0.717) is 31.6 Å². The first-order chi connectivity index (χ1) is 13.0. The molecule has 2 atom stereocenters. The Bertz CT molecular complexity index is 631. The molecule has 2 unspecified atom stereocenters. The molecule has 1 aromatic rings. The largest absolute Gasteiger partial charge is 0.489 e. The summed E-state index contributed by atoms with van der Waals surface area (Å²) in [5.74, 6) is 2.08. The van der Waals surface area contributed by atoms with Crippen molar-refractivity contribution in [1.29, 1.82) is 0 Å². The van der Waals surface area contributed by atoms with Gasteiger partial charge in [0.2, 0.25) is 0 Å². The maximum Gasteiger partial charge on any atom is 0.407 e. The molecule has 0 saturated heterocycles. The van der Waals surface area contributed by atoms with Crippen molar-refractivity contribution in [3.8, 4) is 5.75 Å². The second-order valence-electron chi connectivity index (χ2n) is 6.84. The molecule has 3 N–H and O–H groups in total. The summed E-state index contributed by atoms with van der Waals surface area (Å²) < 4.78 is 11.0. The number of ether oxygens (including phenoxy) is 2. The number of nitrogens with zero attached hydrogens (tertiary/aromatic N) is 1. The normalized spacial score (nSPS) is 16.2. The molecule has 7 nitrogen and oxygen atoms in total. The van der Waals surface area contributed by atoms with Crippen LogP contribution in [0.15, 0.2) is 29.3 Å². The summed E-state index contributed by atoms with van der Waals surface area (Å²) in [6.07, 6.45) is 1.89. The first-order valence-corrected chi connectivity index (χ1v) is 9.63. The zero-order valence-corrected chi connectivity index (χ0v) is 16.7. The van der Waals surface area contributed by atoms with Gasteiger partial charge in [0.1, 0.15) is 11.9 Å². The zero-order valence-electron chi connectivity index (χ0n) is 16.7. The minimum Gasteiger partial charge on any atom is -0.489 e. The number of carbonyl (C=O) groups is 1. The fourth-order valence-electron chi connectivity index (χ4n) is 2.77. The van der Waals surface area contributed by atoms with Gasteiger partial charge in [0.05, 0.1) is 19.2 Å². The van der Waals surface area contributed by atoms with Crippen LogP contribution in [0.2, 0.25) is 0 Å². The molecule has 150 valence electrons. The van der Waals surface area contributed by atoms with Crippen molar-refractivity contribution in [1.82, 2.24) is 16.0 Å². The fraction of sp³-hybridized carbons (Fsp3) is 0.600. The van der Waals surface area contributed by atoms with Crippen LogP contribution >= 0.6 is 0 Å². The van der Waals surface area contributed by atoms with E-state index < -0.39 is 0 Å². The van der Waals surface area contributed by atoms with Gasteiger partial charge in [0, 0.05) is 13.6 Å². The van der Waals surface area contributed by atoms with E-state index in [4.69, 9.17) is 9.47 Å². The van der Waals surface area contributed by atoms with E-state index in [1.54, 1.807) is 14.0 Å². The van der Waals surface area contributed by atoms with Crippen LogP contribution in [0.25, 0.3) is 0 Å². The summed E-state index contributed by atoms with van der Waals surface area (Å²) in [7, 11) is 1.73. The quantitative estimate of drug-likeness (QED) is 0.455. The van der Waals surface area contributed by atoms with E-state index in [1.807, 2.05) is 38.1 Å². The minimum absolute atomic E-state index is 0.0125. The number of alkyl carbamates (subject to hydrolysis) is 1. The summed E-state index contributed by atoms with van der Waals surface area (Å²) in [4.78, 5) is 15.9. The number of aryl methyl sites for hydroxylation is 1. The van der Waals surface area contributed by atoms with Gasteiger partial charge >= 0.3 is 6.09 Å². The monoisotopic (exact) mass is 376 g/mol. The summed E-state index contributed by atoms with van der Waals surface area (Å²) in [6.45, 7) is 7.45. The van der Waals surface area contributed by atoms with Crippen LogP contribution in [0.4, 0.5) is 4.79 Å². The van der Waals surface area contributed by atoms with Crippen molar-refractivity contribution < 1.29 is 14.3 Å². The second-order valence-corrected chi connectivity index (χ2v) is 6.84. The van der Waals surface area contributed by atoms with Crippen LogP contribution in [0, 0.1) is 12.8 Å². The van der Waals surface area contributed by atoms with Crippen LogP contribution in [-0.2, 0) is 4.74 Å². The highest BCUT2D eigenvalue weighted by Gasteiger charge is 2.32. The Labute approximate surface area is 161 Å². The maximum atomic E-state index is 11.7. The van der Waals surface area contributed by atoms with Gasteiger partial charge in [-0.25, -0.2) is 4.79 Å². The lowest BCUT2D eigenvalue weighted by Gasteiger charge is -2.22. The number of carbonyl (C=O) groups excluding carboxylic acids is 1. The van der Waals surface area contributed by atoms with Crippen molar-refractivity contribution in [2.75, 3.05) is 26.7 Å². The van der Waals surface area contributed by atoms with Gasteiger partial charge in [-0.1, -0.05) is 18.2 Å². The Morgan fingerprint density at radius 3 is 2.59 bits per heavy atom. The lowest BCUT2D eigenvalue weighted by Crippen LogP contribution is -2.49. The van der Waals surface area contributed by atoms with E-state index in [1.165, 1.54) is 0 Å². The van der Waals surface area contributed by atoms with Crippen molar-refractivity contribution in [2.24, 2.45) is 10.9 Å². The lowest BCUT2D eigenvalue weighted by atomic mass is 10.2. The smallest absolute Gasteiger partial charge is 0.407 e. The molecule has 1 aliphatic carbocycles. The fourth-order valence-corrected chi connectivity index (χ4v) is 2.77. The SMILES string of the molecule is CCOC(=O)NC(CNC(=NC)NCC(C)Oc1ccccc1C)C1CC1. The third kappa shape index (κ3) is 7.37. The number of amides is 1. The predicted octanol–water partition coefficient (Wildman–Crippen LogP) is 2.45. The molecule has 0 radical (unpaired) electrons. The molecule has 0 bridgehead atoms. The highest BCUT2D eigenvalue weighted by Crippen LogP contribution is 2.32. The van der Waals surface area contributed by atoms with Gasteiger partial charge in [-0.2, -0.15) is 0 Å². The standard InChI is InChI=1S/C20H32N4O3/c1-5-26-20(25)24-17(16-10-11-16)13-23-19(21-4)22-12-15(3)27-18-9-7-6-8-14(18)2/h6-9,15-17H,5,10-13H2,1-4H3,(H,24,25)(H2,21,22,23). The van der Waals surface area contributed by atoms with Crippen LogP contribution in [0.1, 0.15) is 32.3 Å². The first-order valence-electron chi connectivity index (χ1n) is 9.63.